The maximum absolute atomic E-state index is 12.0. The number of carbonyl (C=O) groups is 1. The number of nitrogens with zero attached hydrogens (tertiary/aromatic N) is 3. The number of rotatable bonds is 8. The second-order valence-corrected chi connectivity index (χ2v) is 9.19. The van der Waals surface area contributed by atoms with Crippen LogP contribution in [0.25, 0.3) is 22.1 Å². The van der Waals surface area contributed by atoms with E-state index in [1.165, 1.54) is 11.3 Å². The summed E-state index contributed by atoms with van der Waals surface area (Å²) in [7, 11) is 3.24. The highest BCUT2D eigenvalue weighted by Crippen LogP contribution is 2.33. The van der Waals surface area contributed by atoms with Gasteiger partial charge in [-0.1, -0.05) is 6.07 Å². The molecule has 0 unspecified atom stereocenters. The molecule has 0 saturated carbocycles. The molecule has 32 heavy (non-hydrogen) atoms. The molecule has 0 aliphatic rings. The predicted octanol–water partition coefficient (Wildman–Crippen LogP) is 4.71. The molecule has 1 aromatic carbocycles. The highest BCUT2D eigenvalue weighted by Gasteiger charge is 2.19. The van der Waals surface area contributed by atoms with Gasteiger partial charge in [-0.2, -0.15) is 0 Å². The molecule has 4 rings (SSSR count). The standard InChI is InChI=1S/C23H24N4O3S2/c1-13-16(22(24)28)10-19(17-11-32-23(26-17)18-12-31-14(2)25-18)27(13)8-7-15-5-6-20(29-3)21(9-15)30-4/h5-6,9-12H,7-8H2,1-4H3,(H2,24,28). The Morgan fingerprint density at radius 2 is 1.78 bits per heavy atom. The fourth-order valence-electron chi connectivity index (χ4n) is 3.64. The summed E-state index contributed by atoms with van der Waals surface area (Å²) in [5.74, 6) is 0.937. The van der Waals surface area contributed by atoms with Gasteiger partial charge in [0.15, 0.2) is 11.5 Å². The van der Waals surface area contributed by atoms with Crippen molar-refractivity contribution >= 4 is 28.6 Å². The SMILES string of the molecule is COc1ccc(CCn2c(-c3csc(-c4csc(C)n4)n3)cc(C(N)=O)c2C)cc1OC. The van der Waals surface area contributed by atoms with Gasteiger partial charge in [-0.3, -0.25) is 4.79 Å². The number of nitrogens with two attached hydrogens (primary N) is 1. The van der Waals surface area contributed by atoms with Crippen LogP contribution in [0.1, 0.15) is 26.6 Å². The summed E-state index contributed by atoms with van der Waals surface area (Å²) in [6.45, 7) is 4.55. The number of benzene rings is 1. The quantitative estimate of drug-likeness (QED) is 0.404. The molecule has 3 aromatic heterocycles. The monoisotopic (exact) mass is 468 g/mol. The van der Waals surface area contributed by atoms with Crippen LogP contribution in [0.4, 0.5) is 0 Å². The number of thiazole rings is 2. The van der Waals surface area contributed by atoms with Crippen molar-refractivity contribution in [2.75, 3.05) is 14.2 Å². The van der Waals surface area contributed by atoms with E-state index in [1.54, 1.807) is 25.6 Å². The smallest absolute Gasteiger partial charge is 0.250 e. The molecule has 0 spiro atoms. The summed E-state index contributed by atoms with van der Waals surface area (Å²) in [4.78, 5) is 21.4. The van der Waals surface area contributed by atoms with Gasteiger partial charge in [0, 0.05) is 23.0 Å². The molecule has 9 heteroatoms. The first-order valence-corrected chi connectivity index (χ1v) is 11.8. The average molecular weight is 469 g/mol. The fraction of sp³-hybridized carbons (Fsp3) is 0.261. The minimum absolute atomic E-state index is 0.445. The van der Waals surface area contributed by atoms with E-state index < -0.39 is 5.91 Å². The average Bonchev–Trinajstić information content (AvgIpc) is 3.50. The topological polar surface area (TPSA) is 92.3 Å². The number of amides is 1. The highest BCUT2D eigenvalue weighted by molar-refractivity contribution is 7.14. The zero-order valence-electron chi connectivity index (χ0n) is 18.3. The number of carbonyl (C=O) groups excluding carboxylic acids is 1. The van der Waals surface area contributed by atoms with Gasteiger partial charge >= 0.3 is 0 Å². The van der Waals surface area contributed by atoms with E-state index >= 15 is 0 Å². The molecule has 0 bridgehead atoms. The number of aromatic nitrogens is 3. The number of hydrogen-bond acceptors (Lipinski definition) is 7. The Hall–Kier alpha value is -3.17. The Balaban J connectivity index is 1.67. The van der Waals surface area contributed by atoms with Crippen molar-refractivity contribution in [3.8, 4) is 33.6 Å². The molecule has 7 nitrogen and oxygen atoms in total. The van der Waals surface area contributed by atoms with E-state index in [0.717, 1.165) is 44.8 Å². The summed E-state index contributed by atoms with van der Waals surface area (Å²) >= 11 is 3.14. The zero-order valence-corrected chi connectivity index (χ0v) is 20.0. The molecule has 1 amide bonds. The van der Waals surface area contributed by atoms with Crippen molar-refractivity contribution in [1.29, 1.82) is 0 Å². The van der Waals surface area contributed by atoms with Gasteiger partial charge in [0.2, 0.25) is 0 Å². The van der Waals surface area contributed by atoms with Gasteiger partial charge in [0.25, 0.3) is 5.91 Å². The van der Waals surface area contributed by atoms with Gasteiger partial charge in [0.1, 0.15) is 10.7 Å². The molecule has 0 aliphatic heterocycles. The third-order valence-electron chi connectivity index (χ3n) is 5.31. The molecule has 4 aromatic rings. The normalized spacial score (nSPS) is 11.0. The van der Waals surface area contributed by atoms with Crippen LogP contribution in [0.2, 0.25) is 0 Å². The Kier molecular flexibility index (Phi) is 6.29. The number of primary amides is 1. The summed E-state index contributed by atoms with van der Waals surface area (Å²) in [6, 6.07) is 7.71. The predicted molar refractivity (Wildman–Crippen MR) is 128 cm³/mol. The lowest BCUT2D eigenvalue weighted by molar-refractivity contribution is 0.0999. The van der Waals surface area contributed by atoms with E-state index in [4.69, 9.17) is 20.2 Å². The van der Waals surface area contributed by atoms with Crippen molar-refractivity contribution in [1.82, 2.24) is 14.5 Å². The molecule has 0 radical (unpaired) electrons. The summed E-state index contributed by atoms with van der Waals surface area (Å²) in [6.07, 6.45) is 0.739. The van der Waals surface area contributed by atoms with Crippen LogP contribution in [0.3, 0.4) is 0 Å². The minimum atomic E-state index is -0.445. The Morgan fingerprint density at radius 1 is 1.03 bits per heavy atom. The van der Waals surface area contributed by atoms with Crippen molar-refractivity contribution < 1.29 is 14.3 Å². The molecular weight excluding hydrogens is 444 g/mol. The van der Waals surface area contributed by atoms with Gasteiger partial charge < -0.3 is 19.8 Å². The first kappa shape index (κ1) is 22.0. The molecular formula is C23H24N4O3S2. The number of methoxy groups -OCH3 is 2. The van der Waals surface area contributed by atoms with E-state index in [2.05, 4.69) is 9.55 Å². The van der Waals surface area contributed by atoms with E-state index in [-0.39, 0.29) is 0 Å². The largest absolute Gasteiger partial charge is 0.493 e. The first-order chi connectivity index (χ1) is 15.4. The molecule has 0 atom stereocenters. The van der Waals surface area contributed by atoms with Crippen LogP contribution in [0.15, 0.2) is 35.0 Å². The lowest BCUT2D eigenvalue weighted by atomic mass is 10.1. The lowest BCUT2D eigenvalue weighted by Crippen LogP contribution is -2.13. The van der Waals surface area contributed by atoms with E-state index in [1.807, 2.05) is 48.9 Å². The minimum Gasteiger partial charge on any atom is -0.493 e. The highest BCUT2D eigenvalue weighted by atomic mass is 32.1. The van der Waals surface area contributed by atoms with Crippen LogP contribution in [0, 0.1) is 13.8 Å². The van der Waals surface area contributed by atoms with Crippen LogP contribution >= 0.6 is 22.7 Å². The van der Waals surface area contributed by atoms with Gasteiger partial charge in [0.05, 0.1) is 36.2 Å². The summed E-state index contributed by atoms with van der Waals surface area (Å²) in [5, 5.41) is 5.86. The van der Waals surface area contributed by atoms with Crippen LogP contribution in [-0.2, 0) is 13.0 Å². The van der Waals surface area contributed by atoms with Crippen molar-refractivity contribution in [2.45, 2.75) is 26.8 Å². The first-order valence-electron chi connectivity index (χ1n) is 10.0. The van der Waals surface area contributed by atoms with Crippen molar-refractivity contribution in [3.05, 3.63) is 56.9 Å². The molecule has 166 valence electrons. The van der Waals surface area contributed by atoms with Gasteiger partial charge in [-0.25, -0.2) is 9.97 Å². The molecule has 0 aliphatic carbocycles. The third kappa shape index (κ3) is 4.26. The van der Waals surface area contributed by atoms with Crippen LogP contribution < -0.4 is 15.2 Å². The number of hydrogen-bond donors (Lipinski definition) is 1. The summed E-state index contributed by atoms with van der Waals surface area (Å²) < 4.78 is 12.8. The molecule has 2 N–H and O–H groups in total. The van der Waals surface area contributed by atoms with Gasteiger partial charge in [-0.05, 0) is 44.0 Å². The summed E-state index contributed by atoms with van der Waals surface area (Å²) in [5.41, 5.74) is 10.6. The maximum Gasteiger partial charge on any atom is 0.250 e. The Morgan fingerprint density at radius 3 is 2.44 bits per heavy atom. The van der Waals surface area contributed by atoms with Crippen LogP contribution in [0.5, 0.6) is 11.5 Å². The van der Waals surface area contributed by atoms with Gasteiger partial charge in [-0.15, -0.1) is 22.7 Å². The maximum atomic E-state index is 12.0. The van der Waals surface area contributed by atoms with Crippen LogP contribution in [-0.4, -0.2) is 34.7 Å². The molecule has 0 fully saturated rings. The molecule has 0 saturated heterocycles. The fourth-order valence-corrected chi connectivity index (χ4v) is 5.09. The second-order valence-electron chi connectivity index (χ2n) is 7.27. The lowest BCUT2D eigenvalue weighted by Gasteiger charge is -2.13. The second kappa shape index (κ2) is 9.13. The number of ether oxygens (including phenoxy) is 2. The third-order valence-corrected chi connectivity index (χ3v) is 6.95. The Labute approximate surface area is 194 Å². The van der Waals surface area contributed by atoms with E-state index in [9.17, 15) is 4.79 Å². The van der Waals surface area contributed by atoms with Crippen molar-refractivity contribution in [2.24, 2.45) is 5.73 Å². The Bertz CT molecular complexity index is 1270. The molecule has 3 heterocycles. The number of aryl methyl sites for hydroxylation is 2. The zero-order chi connectivity index (χ0) is 22.8. The van der Waals surface area contributed by atoms with Crippen molar-refractivity contribution in [3.63, 3.8) is 0 Å². The van der Waals surface area contributed by atoms with E-state index in [0.29, 0.717) is 23.6 Å².